The van der Waals surface area contributed by atoms with Crippen LogP contribution in [0.15, 0.2) is 30.6 Å². The molecule has 9 nitrogen and oxygen atoms in total. The molecule has 9 heteroatoms. The second kappa shape index (κ2) is 8.52. The number of rotatable bonds is 7. The largest absolute Gasteiger partial charge is 0.497 e. The number of ether oxygens (including phenoxy) is 1. The van der Waals surface area contributed by atoms with Crippen LogP contribution in [0.1, 0.15) is 13.3 Å². The quantitative estimate of drug-likeness (QED) is 0.585. The van der Waals surface area contributed by atoms with Crippen LogP contribution in [0.2, 0.25) is 0 Å². The first-order chi connectivity index (χ1) is 13.1. The molecule has 1 N–H and O–H groups in total. The maximum Gasteiger partial charge on any atom is 0.353 e. The number of nitrogens with zero attached hydrogens (tertiary/aromatic N) is 5. The highest BCUT2D eigenvalue weighted by Crippen LogP contribution is 2.32. The molecule has 0 amide bonds. The molecule has 2 heterocycles. The number of hydrogen-bond donors (Lipinski definition) is 1. The van der Waals surface area contributed by atoms with E-state index in [-0.39, 0.29) is 11.5 Å². The molecular formula is C18H24N6O3. The molecular weight excluding hydrogens is 348 g/mol. The van der Waals surface area contributed by atoms with Gasteiger partial charge in [-0.05, 0) is 30.7 Å². The number of piperazine rings is 1. The Labute approximate surface area is 158 Å². The zero-order valence-electron chi connectivity index (χ0n) is 15.6. The Hall–Kier alpha value is -3.10. The summed E-state index contributed by atoms with van der Waals surface area (Å²) in [4.78, 5) is 23.7. The number of anilines is 3. The van der Waals surface area contributed by atoms with Crippen molar-refractivity contribution in [3.05, 3.63) is 40.7 Å². The van der Waals surface area contributed by atoms with Gasteiger partial charge in [0.2, 0.25) is 11.6 Å². The standard InChI is InChI=1S/C18H24N6O3/c1-3-8-19-17-16(24(25)26)18(21-13-20-17)23-11-9-22(10-12-23)14-4-6-15(27-2)7-5-14/h4-7,13H,3,8-12H2,1-2H3,(H,19,20,21). The Bertz CT molecular complexity index is 775. The number of hydrogen-bond acceptors (Lipinski definition) is 8. The zero-order chi connectivity index (χ0) is 19.2. The van der Waals surface area contributed by atoms with E-state index < -0.39 is 4.92 Å². The molecule has 0 radical (unpaired) electrons. The van der Waals surface area contributed by atoms with Gasteiger partial charge in [-0.25, -0.2) is 9.97 Å². The van der Waals surface area contributed by atoms with Gasteiger partial charge in [0.25, 0.3) is 0 Å². The molecule has 1 fully saturated rings. The van der Waals surface area contributed by atoms with Crippen molar-refractivity contribution in [3.63, 3.8) is 0 Å². The zero-order valence-corrected chi connectivity index (χ0v) is 15.6. The van der Waals surface area contributed by atoms with Gasteiger partial charge in [-0.15, -0.1) is 0 Å². The lowest BCUT2D eigenvalue weighted by molar-refractivity contribution is -0.383. The molecule has 0 bridgehead atoms. The summed E-state index contributed by atoms with van der Waals surface area (Å²) >= 11 is 0. The lowest BCUT2D eigenvalue weighted by atomic mass is 10.2. The molecule has 144 valence electrons. The smallest absolute Gasteiger partial charge is 0.353 e. The van der Waals surface area contributed by atoms with Gasteiger partial charge < -0.3 is 19.9 Å². The average molecular weight is 372 g/mol. The maximum atomic E-state index is 11.6. The fourth-order valence-corrected chi connectivity index (χ4v) is 3.11. The van der Waals surface area contributed by atoms with Crippen molar-refractivity contribution in [1.29, 1.82) is 0 Å². The van der Waals surface area contributed by atoms with Crippen molar-refractivity contribution in [2.24, 2.45) is 0 Å². The molecule has 27 heavy (non-hydrogen) atoms. The number of nitro groups is 1. The normalized spacial score (nSPS) is 14.1. The Kier molecular flexibility index (Phi) is 5.90. The van der Waals surface area contributed by atoms with E-state index in [9.17, 15) is 10.1 Å². The highest BCUT2D eigenvalue weighted by atomic mass is 16.6. The third-order valence-corrected chi connectivity index (χ3v) is 4.54. The van der Waals surface area contributed by atoms with Crippen LogP contribution in [0, 0.1) is 10.1 Å². The van der Waals surface area contributed by atoms with Crippen molar-refractivity contribution >= 4 is 23.0 Å². The molecule has 1 saturated heterocycles. The molecule has 2 aromatic rings. The summed E-state index contributed by atoms with van der Waals surface area (Å²) in [6.07, 6.45) is 2.24. The average Bonchev–Trinajstić information content (AvgIpc) is 2.72. The molecule has 1 aromatic heterocycles. The predicted octanol–water partition coefficient (Wildman–Crippen LogP) is 2.54. The van der Waals surface area contributed by atoms with E-state index in [1.54, 1.807) is 7.11 Å². The number of methoxy groups -OCH3 is 1. The van der Waals surface area contributed by atoms with Crippen LogP contribution < -0.4 is 19.9 Å². The first-order valence-corrected chi connectivity index (χ1v) is 9.01. The summed E-state index contributed by atoms with van der Waals surface area (Å²) in [5.41, 5.74) is 1.06. The van der Waals surface area contributed by atoms with Gasteiger partial charge in [0, 0.05) is 38.4 Å². The minimum absolute atomic E-state index is 0.0520. The van der Waals surface area contributed by atoms with E-state index in [1.807, 2.05) is 36.1 Å². The lowest BCUT2D eigenvalue weighted by Gasteiger charge is -2.36. The number of aromatic nitrogens is 2. The summed E-state index contributed by atoms with van der Waals surface area (Å²) in [5, 5.41) is 14.7. The molecule has 1 aliphatic heterocycles. The third-order valence-electron chi connectivity index (χ3n) is 4.54. The Balaban J connectivity index is 1.74. The monoisotopic (exact) mass is 372 g/mol. The first kappa shape index (κ1) is 18.7. The summed E-state index contributed by atoms with van der Waals surface area (Å²) in [6, 6.07) is 7.91. The van der Waals surface area contributed by atoms with E-state index in [0.717, 1.165) is 30.9 Å². The summed E-state index contributed by atoms with van der Waals surface area (Å²) in [7, 11) is 1.64. The van der Waals surface area contributed by atoms with Crippen molar-refractivity contribution in [1.82, 2.24) is 9.97 Å². The molecule has 1 aliphatic rings. The number of nitrogens with one attached hydrogen (secondary N) is 1. The van der Waals surface area contributed by atoms with Crippen LogP contribution in [-0.2, 0) is 0 Å². The highest BCUT2D eigenvalue weighted by molar-refractivity contribution is 5.70. The lowest BCUT2D eigenvalue weighted by Crippen LogP contribution is -2.47. The van der Waals surface area contributed by atoms with Crippen LogP contribution in [0.4, 0.5) is 23.0 Å². The fourth-order valence-electron chi connectivity index (χ4n) is 3.11. The molecule has 0 spiro atoms. The SMILES string of the molecule is CCCNc1ncnc(N2CCN(c3ccc(OC)cc3)CC2)c1[N+](=O)[O-]. The van der Waals surface area contributed by atoms with E-state index in [0.29, 0.717) is 25.5 Å². The van der Waals surface area contributed by atoms with Gasteiger partial charge in [0.05, 0.1) is 12.0 Å². The highest BCUT2D eigenvalue weighted by Gasteiger charge is 2.29. The van der Waals surface area contributed by atoms with Gasteiger partial charge in [-0.1, -0.05) is 6.92 Å². The molecule has 0 aliphatic carbocycles. The topological polar surface area (TPSA) is 96.7 Å². The summed E-state index contributed by atoms with van der Waals surface area (Å²) in [5.74, 6) is 1.48. The third kappa shape index (κ3) is 4.18. The van der Waals surface area contributed by atoms with E-state index in [4.69, 9.17) is 4.74 Å². The molecule has 3 rings (SSSR count). The minimum atomic E-state index is -0.400. The number of benzene rings is 1. The Morgan fingerprint density at radius 3 is 2.41 bits per heavy atom. The molecule has 1 aromatic carbocycles. The van der Waals surface area contributed by atoms with Crippen LogP contribution in [-0.4, -0.2) is 54.7 Å². The van der Waals surface area contributed by atoms with Gasteiger partial charge in [-0.2, -0.15) is 0 Å². The molecule has 0 unspecified atom stereocenters. The maximum absolute atomic E-state index is 11.6. The Morgan fingerprint density at radius 2 is 1.81 bits per heavy atom. The summed E-state index contributed by atoms with van der Waals surface area (Å²) < 4.78 is 5.20. The molecule has 0 atom stereocenters. The fraction of sp³-hybridized carbons (Fsp3) is 0.444. The van der Waals surface area contributed by atoms with Crippen LogP contribution >= 0.6 is 0 Å². The second-order valence-corrected chi connectivity index (χ2v) is 6.25. The van der Waals surface area contributed by atoms with Crippen molar-refractivity contribution in [3.8, 4) is 5.75 Å². The Morgan fingerprint density at radius 1 is 1.15 bits per heavy atom. The van der Waals surface area contributed by atoms with Crippen molar-refractivity contribution < 1.29 is 9.66 Å². The second-order valence-electron chi connectivity index (χ2n) is 6.25. The molecule has 0 saturated carbocycles. The van der Waals surface area contributed by atoms with E-state index in [2.05, 4.69) is 20.2 Å². The predicted molar refractivity (Wildman–Crippen MR) is 105 cm³/mol. The van der Waals surface area contributed by atoms with Gasteiger partial charge >= 0.3 is 5.69 Å². The minimum Gasteiger partial charge on any atom is -0.497 e. The van der Waals surface area contributed by atoms with Crippen LogP contribution in [0.3, 0.4) is 0 Å². The van der Waals surface area contributed by atoms with Crippen molar-refractivity contribution in [2.75, 3.05) is 55.0 Å². The van der Waals surface area contributed by atoms with Crippen LogP contribution in [0.5, 0.6) is 5.75 Å². The van der Waals surface area contributed by atoms with E-state index >= 15 is 0 Å². The van der Waals surface area contributed by atoms with Gasteiger partial charge in [0.15, 0.2) is 0 Å². The van der Waals surface area contributed by atoms with E-state index in [1.165, 1.54) is 6.33 Å². The summed E-state index contributed by atoms with van der Waals surface area (Å²) in [6.45, 7) is 5.44. The van der Waals surface area contributed by atoms with Gasteiger partial charge in [0.1, 0.15) is 12.1 Å². The van der Waals surface area contributed by atoms with Gasteiger partial charge in [-0.3, -0.25) is 10.1 Å². The first-order valence-electron chi connectivity index (χ1n) is 9.01. The van der Waals surface area contributed by atoms with Crippen LogP contribution in [0.25, 0.3) is 0 Å². The van der Waals surface area contributed by atoms with Crippen molar-refractivity contribution in [2.45, 2.75) is 13.3 Å².